The molecule has 0 radical (unpaired) electrons. The fourth-order valence-electron chi connectivity index (χ4n) is 2.05. The fourth-order valence-corrected chi connectivity index (χ4v) is 2.89. The molecule has 2 rings (SSSR count). The van der Waals surface area contributed by atoms with Crippen LogP contribution in [0.5, 0.6) is 11.5 Å². The van der Waals surface area contributed by atoms with Crippen molar-refractivity contribution in [2.24, 2.45) is 0 Å². The third-order valence-electron chi connectivity index (χ3n) is 3.31. The Morgan fingerprint density at radius 1 is 1.30 bits per heavy atom. The average molecular weight is 331 g/mol. The van der Waals surface area contributed by atoms with Gasteiger partial charge in [0.15, 0.2) is 11.5 Å². The smallest absolute Gasteiger partial charge is 0.244 e. The molecule has 1 aromatic heterocycles. The highest BCUT2D eigenvalue weighted by atomic mass is 32.1. The summed E-state index contributed by atoms with van der Waals surface area (Å²) < 4.78 is 10.8. The molecule has 1 amide bonds. The van der Waals surface area contributed by atoms with Crippen molar-refractivity contribution in [2.45, 2.75) is 20.4 Å². The van der Waals surface area contributed by atoms with Crippen LogP contribution in [0.2, 0.25) is 0 Å². The molecule has 23 heavy (non-hydrogen) atoms. The lowest BCUT2D eigenvalue weighted by Gasteiger charge is -2.09. The Bertz CT molecular complexity index is 691. The molecule has 0 bridgehead atoms. The summed E-state index contributed by atoms with van der Waals surface area (Å²) in [7, 11) is 1.60. The summed E-state index contributed by atoms with van der Waals surface area (Å²) in [6.45, 7) is 5.08. The van der Waals surface area contributed by atoms with E-state index in [1.54, 1.807) is 24.5 Å². The highest BCUT2D eigenvalue weighted by Crippen LogP contribution is 2.28. The Labute approximate surface area is 140 Å². The van der Waals surface area contributed by atoms with Gasteiger partial charge >= 0.3 is 0 Å². The number of aryl methyl sites for hydroxylation is 1. The van der Waals surface area contributed by atoms with E-state index in [0.29, 0.717) is 24.7 Å². The Balaban J connectivity index is 1.97. The molecular formula is C18H21NO3S. The molecule has 2 aromatic rings. The number of hydrogen-bond acceptors (Lipinski definition) is 4. The molecule has 1 N–H and O–H groups in total. The number of nitrogens with one attached hydrogen (secondary N) is 1. The predicted octanol–water partition coefficient (Wildman–Crippen LogP) is 3.79. The summed E-state index contributed by atoms with van der Waals surface area (Å²) in [5.74, 6) is 1.24. The van der Waals surface area contributed by atoms with Crippen molar-refractivity contribution in [1.29, 1.82) is 0 Å². The van der Waals surface area contributed by atoms with Crippen LogP contribution in [-0.2, 0) is 11.3 Å². The molecule has 122 valence electrons. The van der Waals surface area contributed by atoms with E-state index < -0.39 is 0 Å². The van der Waals surface area contributed by atoms with Crippen molar-refractivity contribution in [1.82, 2.24) is 5.32 Å². The minimum absolute atomic E-state index is 0.119. The second-order valence-corrected chi connectivity index (χ2v) is 5.92. The number of carbonyl (C=O) groups is 1. The van der Waals surface area contributed by atoms with Crippen LogP contribution in [0.1, 0.15) is 22.9 Å². The van der Waals surface area contributed by atoms with Gasteiger partial charge in [0.25, 0.3) is 0 Å². The molecule has 1 aromatic carbocycles. The molecule has 5 heteroatoms. The zero-order valence-electron chi connectivity index (χ0n) is 13.6. The van der Waals surface area contributed by atoms with Gasteiger partial charge in [-0.05, 0) is 54.6 Å². The second-order valence-electron chi connectivity index (χ2n) is 4.92. The van der Waals surface area contributed by atoms with E-state index in [9.17, 15) is 4.79 Å². The number of methoxy groups -OCH3 is 1. The Hall–Kier alpha value is -2.27. The number of thiophene rings is 1. The number of ether oxygens (including phenoxy) is 2. The number of hydrogen-bond donors (Lipinski definition) is 1. The quantitative estimate of drug-likeness (QED) is 0.785. The van der Waals surface area contributed by atoms with Gasteiger partial charge in [0.2, 0.25) is 5.91 Å². The van der Waals surface area contributed by atoms with Crippen molar-refractivity contribution in [3.05, 3.63) is 51.7 Å². The number of amides is 1. The van der Waals surface area contributed by atoms with Crippen LogP contribution in [0.4, 0.5) is 0 Å². The summed E-state index contributed by atoms with van der Waals surface area (Å²) in [6.07, 6.45) is 3.29. The van der Waals surface area contributed by atoms with Crippen molar-refractivity contribution >= 4 is 23.3 Å². The van der Waals surface area contributed by atoms with Gasteiger partial charge in [-0.3, -0.25) is 4.79 Å². The van der Waals surface area contributed by atoms with Gasteiger partial charge in [-0.25, -0.2) is 0 Å². The van der Waals surface area contributed by atoms with Gasteiger partial charge in [-0.15, -0.1) is 11.3 Å². The summed E-state index contributed by atoms with van der Waals surface area (Å²) in [5.41, 5.74) is 2.09. The molecule has 4 nitrogen and oxygen atoms in total. The number of benzene rings is 1. The van der Waals surface area contributed by atoms with Crippen molar-refractivity contribution < 1.29 is 14.3 Å². The third-order valence-corrected chi connectivity index (χ3v) is 4.33. The maximum Gasteiger partial charge on any atom is 0.244 e. The Morgan fingerprint density at radius 3 is 2.78 bits per heavy atom. The molecule has 0 aliphatic heterocycles. The van der Waals surface area contributed by atoms with Gasteiger partial charge < -0.3 is 14.8 Å². The first kappa shape index (κ1) is 17.1. The summed E-state index contributed by atoms with van der Waals surface area (Å²) in [4.78, 5) is 13.1. The molecule has 0 saturated heterocycles. The van der Waals surface area contributed by atoms with E-state index in [-0.39, 0.29) is 5.91 Å². The van der Waals surface area contributed by atoms with Gasteiger partial charge in [0.05, 0.1) is 20.3 Å². The molecule has 0 aliphatic carbocycles. The zero-order valence-corrected chi connectivity index (χ0v) is 14.4. The lowest BCUT2D eigenvalue weighted by molar-refractivity contribution is -0.116. The topological polar surface area (TPSA) is 47.6 Å². The van der Waals surface area contributed by atoms with Crippen molar-refractivity contribution in [3.63, 3.8) is 0 Å². The van der Waals surface area contributed by atoms with Gasteiger partial charge in [-0.2, -0.15) is 0 Å². The summed E-state index contributed by atoms with van der Waals surface area (Å²) in [6, 6.07) is 7.62. The van der Waals surface area contributed by atoms with Crippen LogP contribution in [0.25, 0.3) is 6.08 Å². The highest BCUT2D eigenvalue weighted by molar-refractivity contribution is 7.10. The van der Waals surface area contributed by atoms with Crippen molar-refractivity contribution in [3.8, 4) is 11.5 Å². The van der Waals surface area contributed by atoms with Crippen LogP contribution in [0.15, 0.2) is 35.7 Å². The molecule has 0 atom stereocenters. The van der Waals surface area contributed by atoms with E-state index in [0.717, 1.165) is 5.56 Å². The Kier molecular flexibility index (Phi) is 6.23. The molecular weight excluding hydrogens is 310 g/mol. The average Bonchev–Trinajstić information content (AvgIpc) is 2.96. The summed E-state index contributed by atoms with van der Waals surface area (Å²) >= 11 is 1.65. The normalized spacial score (nSPS) is 10.7. The lowest BCUT2D eigenvalue weighted by Crippen LogP contribution is -2.19. The first-order valence-corrected chi connectivity index (χ1v) is 8.31. The highest BCUT2D eigenvalue weighted by Gasteiger charge is 2.05. The molecule has 0 aliphatic rings. The second kappa shape index (κ2) is 8.39. The van der Waals surface area contributed by atoms with Crippen LogP contribution in [0, 0.1) is 6.92 Å². The molecule has 0 spiro atoms. The van der Waals surface area contributed by atoms with E-state index in [4.69, 9.17) is 9.47 Å². The maximum absolute atomic E-state index is 11.9. The largest absolute Gasteiger partial charge is 0.493 e. The first-order valence-electron chi connectivity index (χ1n) is 7.43. The van der Waals surface area contributed by atoms with Crippen LogP contribution in [-0.4, -0.2) is 19.6 Å². The van der Waals surface area contributed by atoms with Gasteiger partial charge in [-0.1, -0.05) is 6.07 Å². The van der Waals surface area contributed by atoms with Crippen LogP contribution in [0.3, 0.4) is 0 Å². The van der Waals surface area contributed by atoms with Gasteiger partial charge in [0, 0.05) is 11.0 Å². The monoisotopic (exact) mass is 331 g/mol. The molecule has 0 unspecified atom stereocenters. The van der Waals surface area contributed by atoms with E-state index in [1.165, 1.54) is 16.5 Å². The van der Waals surface area contributed by atoms with E-state index in [2.05, 4.69) is 11.4 Å². The first-order chi connectivity index (χ1) is 11.1. The standard InChI is InChI=1S/C18H21NO3S/c1-4-22-16-11-14(5-7-15(16)21-3)6-8-18(20)19-12-17-13(2)9-10-23-17/h5-11H,4,12H2,1-3H3,(H,19,20). The summed E-state index contributed by atoms with van der Waals surface area (Å²) in [5, 5.41) is 4.91. The zero-order chi connectivity index (χ0) is 16.7. The predicted molar refractivity (Wildman–Crippen MR) is 94.1 cm³/mol. The molecule has 0 fully saturated rings. The van der Waals surface area contributed by atoms with Crippen LogP contribution < -0.4 is 14.8 Å². The Morgan fingerprint density at radius 2 is 2.13 bits per heavy atom. The lowest BCUT2D eigenvalue weighted by atomic mass is 10.2. The minimum atomic E-state index is -0.119. The van der Waals surface area contributed by atoms with Gasteiger partial charge in [0.1, 0.15) is 0 Å². The minimum Gasteiger partial charge on any atom is -0.493 e. The SMILES string of the molecule is CCOc1cc(C=CC(=O)NCc2sccc2C)ccc1OC. The molecule has 0 saturated carbocycles. The molecule has 1 heterocycles. The van der Waals surface area contributed by atoms with E-state index in [1.807, 2.05) is 37.4 Å². The number of carbonyl (C=O) groups excluding carboxylic acids is 1. The van der Waals surface area contributed by atoms with Crippen LogP contribution >= 0.6 is 11.3 Å². The van der Waals surface area contributed by atoms with E-state index >= 15 is 0 Å². The van der Waals surface area contributed by atoms with Crippen molar-refractivity contribution in [2.75, 3.05) is 13.7 Å². The number of rotatable bonds is 7. The third kappa shape index (κ3) is 4.86. The maximum atomic E-state index is 11.9. The fraction of sp³-hybridized carbons (Fsp3) is 0.278.